The van der Waals surface area contributed by atoms with Crippen LogP contribution in [0.25, 0.3) is 0 Å². The van der Waals surface area contributed by atoms with E-state index in [0.29, 0.717) is 10.9 Å². The third-order valence-electron chi connectivity index (χ3n) is 1.43. The maximum Gasteiger partial charge on any atom is 0.221 e. The Hall–Kier alpha value is -1.23. The van der Waals surface area contributed by atoms with Gasteiger partial charge in [-0.1, -0.05) is 0 Å². The standard InChI is InChI=1S/C6H4N4S/c1-3-4-2-7-6(11)8-5(4)10-9-3/h2H,1H3. The minimum atomic E-state index is 0.317. The fourth-order valence-corrected chi connectivity index (χ4v) is 1.00. The molecule has 0 aromatic carbocycles. The largest absolute Gasteiger partial charge is 0.226 e. The third-order valence-corrected chi connectivity index (χ3v) is 1.63. The van der Waals surface area contributed by atoms with Gasteiger partial charge in [0.25, 0.3) is 0 Å². The van der Waals surface area contributed by atoms with Crippen LogP contribution < -0.4 is 0 Å². The zero-order valence-corrected chi connectivity index (χ0v) is 6.59. The smallest absolute Gasteiger partial charge is 0.221 e. The highest BCUT2D eigenvalue weighted by molar-refractivity contribution is 7.80. The van der Waals surface area contributed by atoms with Gasteiger partial charge in [0.05, 0.1) is 11.3 Å². The maximum absolute atomic E-state index is 4.76. The Morgan fingerprint density at radius 3 is 3.00 bits per heavy atom. The lowest BCUT2D eigenvalue weighted by molar-refractivity contribution is 1.20. The summed E-state index contributed by atoms with van der Waals surface area (Å²) in [5.41, 5.74) is 1.72. The third kappa shape index (κ3) is 0.932. The Labute approximate surface area is 68.5 Å². The highest BCUT2D eigenvalue weighted by Gasteiger charge is 2.17. The van der Waals surface area contributed by atoms with Crippen molar-refractivity contribution in [2.24, 2.45) is 20.2 Å². The number of allylic oxidation sites excluding steroid dienone is 1. The zero-order chi connectivity index (χ0) is 7.84. The van der Waals surface area contributed by atoms with E-state index in [2.05, 4.69) is 20.2 Å². The summed E-state index contributed by atoms with van der Waals surface area (Å²) in [5, 5.41) is 7.97. The molecule has 2 aliphatic rings. The number of thiocarbonyl (C=S) groups is 1. The highest BCUT2D eigenvalue weighted by atomic mass is 32.1. The first kappa shape index (κ1) is 6.48. The fourth-order valence-electron chi connectivity index (χ4n) is 0.865. The Balaban J connectivity index is 2.55. The van der Waals surface area contributed by atoms with Crippen LogP contribution in [-0.2, 0) is 0 Å². The molecule has 0 spiro atoms. The molecule has 0 unspecified atom stereocenters. The van der Waals surface area contributed by atoms with Gasteiger partial charge in [-0.15, -0.1) is 5.11 Å². The average Bonchev–Trinajstić information content (AvgIpc) is 2.32. The summed E-state index contributed by atoms with van der Waals surface area (Å²) < 4.78 is 0. The van der Waals surface area contributed by atoms with E-state index in [1.807, 2.05) is 6.92 Å². The first-order valence-electron chi connectivity index (χ1n) is 3.07. The molecule has 0 bridgehead atoms. The van der Waals surface area contributed by atoms with Crippen molar-refractivity contribution in [1.82, 2.24) is 0 Å². The van der Waals surface area contributed by atoms with E-state index in [1.165, 1.54) is 0 Å². The summed E-state index contributed by atoms with van der Waals surface area (Å²) in [5.74, 6) is 0.586. The van der Waals surface area contributed by atoms with E-state index in [4.69, 9.17) is 12.2 Å². The number of amidine groups is 1. The molecule has 0 aromatic heterocycles. The van der Waals surface area contributed by atoms with Gasteiger partial charge in [-0.3, -0.25) is 0 Å². The Bertz CT molecular complexity index is 348. The molecule has 11 heavy (non-hydrogen) atoms. The Kier molecular flexibility index (Phi) is 1.25. The van der Waals surface area contributed by atoms with E-state index < -0.39 is 0 Å². The molecule has 0 N–H and O–H groups in total. The molecular weight excluding hydrogens is 160 g/mol. The van der Waals surface area contributed by atoms with Crippen molar-refractivity contribution in [3.05, 3.63) is 11.3 Å². The van der Waals surface area contributed by atoms with Crippen molar-refractivity contribution >= 4 is 29.4 Å². The fraction of sp³-hybridized carbons (Fsp3) is 0.167. The van der Waals surface area contributed by atoms with E-state index in [9.17, 15) is 0 Å². The van der Waals surface area contributed by atoms with Crippen LogP contribution in [0.2, 0.25) is 0 Å². The molecule has 0 atom stereocenters. The van der Waals surface area contributed by atoms with Gasteiger partial charge < -0.3 is 0 Å². The van der Waals surface area contributed by atoms with Crippen LogP contribution in [0, 0.1) is 0 Å². The number of fused-ring (bicyclic) bond motifs is 1. The SMILES string of the molecule is CC1=C2C=NC(=S)N=C2N=N1. The molecule has 5 heteroatoms. The number of nitrogens with zero attached hydrogens (tertiary/aromatic N) is 4. The lowest BCUT2D eigenvalue weighted by atomic mass is 10.2. The molecule has 2 aliphatic heterocycles. The van der Waals surface area contributed by atoms with Crippen molar-refractivity contribution in [3.63, 3.8) is 0 Å². The summed E-state index contributed by atoms with van der Waals surface area (Å²) in [6.45, 7) is 1.86. The summed E-state index contributed by atoms with van der Waals surface area (Å²) in [4.78, 5) is 7.79. The average molecular weight is 164 g/mol. The molecule has 0 saturated carbocycles. The minimum absolute atomic E-state index is 0.317. The summed E-state index contributed by atoms with van der Waals surface area (Å²) in [6.07, 6.45) is 1.65. The molecule has 2 heterocycles. The van der Waals surface area contributed by atoms with Crippen molar-refractivity contribution in [2.45, 2.75) is 6.92 Å². The van der Waals surface area contributed by atoms with Gasteiger partial charge >= 0.3 is 0 Å². The van der Waals surface area contributed by atoms with Gasteiger partial charge in [0.2, 0.25) is 5.11 Å². The molecule has 0 aromatic rings. The number of rotatable bonds is 0. The highest BCUT2D eigenvalue weighted by Crippen LogP contribution is 2.18. The monoisotopic (exact) mass is 164 g/mol. The van der Waals surface area contributed by atoms with Crippen molar-refractivity contribution in [2.75, 3.05) is 0 Å². The van der Waals surface area contributed by atoms with Gasteiger partial charge in [-0.05, 0) is 19.1 Å². The number of hydrogen-bond donors (Lipinski definition) is 0. The molecule has 0 amide bonds. The molecular formula is C6H4N4S. The molecule has 0 aliphatic carbocycles. The second-order valence-electron chi connectivity index (χ2n) is 2.18. The molecule has 2 rings (SSSR count). The zero-order valence-electron chi connectivity index (χ0n) is 5.77. The van der Waals surface area contributed by atoms with E-state index in [1.54, 1.807) is 6.21 Å². The summed E-state index contributed by atoms with van der Waals surface area (Å²) in [7, 11) is 0. The molecule has 0 saturated heterocycles. The second-order valence-corrected chi connectivity index (χ2v) is 2.54. The maximum atomic E-state index is 4.76. The lowest BCUT2D eigenvalue weighted by Crippen LogP contribution is -2.07. The molecule has 54 valence electrons. The normalized spacial score (nSPS) is 20.8. The van der Waals surface area contributed by atoms with Gasteiger partial charge in [-0.25, -0.2) is 4.99 Å². The van der Waals surface area contributed by atoms with Crippen molar-refractivity contribution in [1.29, 1.82) is 0 Å². The number of aliphatic imine (C=N–C) groups is 2. The van der Waals surface area contributed by atoms with Gasteiger partial charge in [0.1, 0.15) is 0 Å². The second kappa shape index (κ2) is 2.13. The van der Waals surface area contributed by atoms with Crippen LogP contribution >= 0.6 is 12.2 Å². The van der Waals surface area contributed by atoms with Gasteiger partial charge in [0.15, 0.2) is 5.84 Å². The Morgan fingerprint density at radius 2 is 2.18 bits per heavy atom. The number of hydrogen-bond acceptors (Lipinski definition) is 3. The van der Waals surface area contributed by atoms with E-state index in [0.717, 1.165) is 11.3 Å². The van der Waals surface area contributed by atoms with Crippen molar-refractivity contribution in [3.8, 4) is 0 Å². The summed E-state index contributed by atoms with van der Waals surface area (Å²) in [6, 6.07) is 0. The van der Waals surface area contributed by atoms with Crippen LogP contribution in [0.1, 0.15) is 6.92 Å². The molecule has 4 nitrogen and oxygen atoms in total. The predicted molar refractivity (Wildman–Crippen MR) is 46.1 cm³/mol. The van der Waals surface area contributed by atoms with E-state index in [-0.39, 0.29) is 0 Å². The molecule has 0 radical (unpaired) electrons. The Morgan fingerprint density at radius 1 is 1.36 bits per heavy atom. The van der Waals surface area contributed by atoms with E-state index >= 15 is 0 Å². The number of azo groups is 1. The molecule has 0 fully saturated rings. The lowest BCUT2D eigenvalue weighted by Gasteiger charge is -1.99. The van der Waals surface area contributed by atoms with Crippen LogP contribution in [0.3, 0.4) is 0 Å². The first-order valence-corrected chi connectivity index (χ1v) is 3.48. The predicted octanol–water partition coefficient (Wildman–Crippen LogP) is 1.49. The summed E-state index contributed by atoms with van der Waals surface area (Å²) >= 11 is 4.76. The quantitative estimate of drug-likeness (QED) is 0.500. The van der Waals surface area contributed by atoms with Crippen LogP contribution in [0.15, 0.2) is 31.5 Å². The topological polar surface area (TPSA) is 49.4 Å². The van der Waals surface area contributed by atoms with Crippen LogP contribution in [-0.4, -0.2) is 17.2 Å². The first-order chi connectivity index (χ1) is 5.27. The van der Waals surface area contributed by atoms with Crippen LogP contribution in [0.4, 0.5) is 0 Å². The minimum Gasteiger partial charge on any atom is -0.226 e. The van der Waals surface area contributed by atoms with Crippen LogP contribution in [0.5, 0.6) is 0 Å². The van der Waals surface area contributed by atoms with Gasteiger partial charge in [0, 0.05) is 6.21 Å². The van der Waals surface area contributed by atoms with Crippen molar-refractivity contribution < 1.29 is 0 Å². The van der Waals surface area contributed by atoms with Gasteiger partial charge in [-0.2, -0.15) is 10.1 Å².